The minimum Gasteiger partial charge on any atom is -0.268 e. The second-order valence-corrected chi connectivity index (χ2v) is 5.84. The highest BCUT2D eigenvalue weighted by atomic mass is 35.5. The molecule has 1 heterocycles. The van der Waals surface area contributed by atoms with Crippen molar-refractivity contribution >= 4 is 27.5 Å². The first kappa shape index (κ1) is 10.4. The number of sulfone groups is 1. The Morgan fingerprint density at radius 2 is 2.07 bits per heavy atom. The molecule has 0 bridgehead atoms. The third kappa shape index (κ3) is 1.72. The summed E-state index contributed by atoms with van der Waals surface area (Å²) in [5.41, 5.74) is 1.12. The van der Waals surface area contributed by atoms with E-state index >= 15 is 0 Å². The number of hydrogen-bond donors (Lipinski definition) is 0. The van der Waals surface area contributed by atoms with Crippen LogP contribution in [0.2, 0.25) is 0 Å². The van der Waals surface area contributed by atoms with Crippen molar-refractivity contribution in [2.75, 3.05) is 6.26 Å². The van der Waals surface area contributed by atoms with Crippen LogP contribution in [0, 0.1) is 0 Å². The SMILES string of the molecule is CS(=O)(=O)c1ccc2c(c1)CN(Cl)C2=O. The average molecular weight is 246 g/mol. The summed E-state index contributed by atoms with van der Waals surface area (Å²) >= 11 is 5.63. The Balaban J connectivity index is 2.56. The monoisotopic (exact) mass is 245 g/mol. The van der Waals surface area contributed by atoms with Crippen molar-refractivity contribution in [3.63, 3.8) is 0 Å². The van der Waals surface area contributed by atoms with Crippen molar-refractivity contribution in [2.45, 2.75) is 11.4 Å². The zero-order valence-electron chi connectivity index (χ0n) is 7.90. The minimum atomic E-state index is -3.23. The molecule has 0 saturated heterocycles. The molecule has 0 aromatic heterocycles. The third-order valence-electron chi connectivity index (χ3n) is 2.26. The molecule has 1 amide bonds. The molecule has 1 aromatic rings. The van der Waals surface area contributed by atoms with Gasteiger partial charge in [0.15, 0.2) is 9.84 Å². The standard InChI is InChI=1S/C9H8ClNO3S/c1-15(13,14)7-2-3-8-6(4-7)5-11(10)9(8)12/h2-4H,5H2,1H3. The van der Waals surface area contributed by atoms with E-state index in [0.29, 0.717) is 11.1 Å². The fourth-order valence-corrected chi connectivity index (χ4v) is 2.38. The van der Waals surface area contributed by atoms with Crippen LogP contribution in [0.25, 0.3) is 0 Å². The van der Waals surface area contributed by atoms with Gasteiger partial charge in [-0.2, -0.15) is 0 Å². The lowest BCUT2D eigenvalue weighted by molar-refractivity contribution is 0.0881. The van der Waals surface area contributed by atoms with E-state index in [0.717, 1.165) is 10.7 Å². The topological polar surface area (TPSA) is 54.5 Å². The maximum Gasteiger partial charge on any atom is 0.268 e. The molecule has 80 valence electrons. The molecule has 0 saturated carbocycles. The first-order valence-electron chi connectivity index (χ1n) is 4.20. The summed E-state index contributed by atoms with van der Waals surface area (Å²) in [7, 11) is -3.23. The van der Waals surface area contributed by atoms with Gasteiger partial charge in [-0.05, 0) is 23.8 Å². The summed E-state index contributed by atoms with van der Waals surface area (Å²) < 4.78 is 23.6. The largest absolute Gasteiger partial charge is 0.268 e. The fraction of sp³-hybridized carbons (Fsp3) is 0.222. The van der Waals surface area contributed by atoms with Crippen LogP contribution in [0.4, 0.5) is 0 Å². The van der Waals surface area contributed by atoms with Gasteiger partial charge in [-0.1, -0.05) is 0 Å². The Kier molecular flexibility index (Phi) is 2.24. The van der Waals surface area contributed by atoms with Gasteiger partial charge < -0.3 is 0 Å². The van der Waals surface area contributed by atoms with Crippen molar-refractivity contribution < 1.29 is 13.2 Å². The minimum absolute atomic E-state index is 0.209. The summed E-state index contributed by atoms with van der Waals surface area (Å²) in [6.45, 7) is 0.249. The summed E-state index contributed by atoms with van der Waals surface area (Å²) in [6.07, 6.45) is 1.13. The van der Waals surface area contributed by atoms with E-state index < -0.39 is 9.84 Å². The molecule has 0 spiro atoms. The van der Waals surface area contributed by atoms with E-state index in [-0.39, 0.29) is 17.3 Å². The number of halogens is 1. The van der Waals surface area contributed by atoms with Crippen molar-refractivity contribution in [3.8, 4) is 0 Å². The van der Waals surface area contributed by atoms with Crippen LogP contribution in [0.1, 0.15) is 15.9 Å². The van der Waals surface area contributed by atoms with E-state index in [4.69, 9.17) is 11.8 Å². The predicted octanol–water partition coefficient (Wildman–Crippen LogP) is 1.20. The number of nitrogens with zero attached hydrogens (tertiary/aromatic N) is 1. The number of amides is 1. The highest BCUT2D eigenvalue weighted by molar-refractivity contribution is 7.90. The molecule has 15 heavy (non-hydrogen) atoms. The second kappa shape index (κ2) is 3.21. The van der Waals surface area contributed by atoms with E-state index in [9.17, 15) is 13.2 Å². The molecule has 6 heteroatoms. The number of carbonyl (C=O) groups excluding carboxylic acids is 1. The molecule has 0 atom stereocenters. The summed E-state index contributed by atoms with van der Waals surface area (Å²) in [5.74, 6) is -0.285. The zero-order chi connectivity index (χ0) is 11.2. The fourth-order valence-electron chi connectivity index (χ4n) is 1.49. The number of carbonyl (C=O) groups is 1. The van der Waals surface area contributed by atoms with Crippen LogP contribution in [0.3, 0.4) is 0 Å². The molecular formula is C9H8ClNO3S. The molecule has 1 aliphatic rings. The van der Waals surface area contributed by atoms with Crippen LogP contribution >= 0.6 is 11.8 Å². The second-order valence-electron chi connectivity index (χ2n) is 3.42. The highest BCUT2D eigenvalue weighted by Gasteiger charge is 2.27. The van der Waals surface area contributed by atoms with Gasteiger partial charge in [0, 0.05) is 23.6 Å². The van der Waals surface area contributed by atoms with Crippen LogP contribution in [0.5, 0.6) is 0 Å². The zero-order valence-corrected chi connectivity index (χ0v) is 9.47. The first-order chi connectivity index (χ1) is 6.89. The molecule has 0 unspecified atom stereocenters. The van der Waals surface area contributed by atoms with E-state index in [1.54, 1.807) is 0 Å². The van der Waals surface area contributed by atoms with Gasteiger partial charge in [-0.25, -0.2) is 12.8 Å². The van der Waals surface area contributed by atoms with Crippen LogP contribution < -0.4 is 0 Å². The molecule has 1 aromatic carbocycles. The van der Waals surface area contributed by atoms with Gasteiger partial charge in [0.05, 0.1) is 11.4 Å². The van der Waals surface area contributed by atoms with E-state index in [1.165, 1.54) is 18.2 Å². The van der Waals surface area contributed by atoms with E-state index in [1.807, 2.05) is 0 Å². The highest BCUT2D eigenvalue weighted by Crippen LogP contribution is 2.26. The van der Waals surface area contributed by atoms with Gasteiger partial charge >= 0.3 is 0 Å². The molecule has 2 rings (SSSR count). The Morgan fingerprint density at radius 3 is 2.67 bits per heavy atom. The van der Waals surface area contributed by atoms with Crippen molar-refractivity contribution in [2.24, 2.45) is 0 Å². The van der Waals surface area contributed by atoms with Gasteiger partial charge in [0.2, 0.25) is 0 Å². The smallest absolute Gasteiger partial charge is 0.268 e. The quantitative estimate of drug-likeness (QED) is 0.699. The van der Waals surface area contributed by atoms with Gasteiger partial charge in [-0.3, -0.25) is 4.79 Å². The summed E-state index contributed by atoms with van der Waals surface area (Å²) in [5, 5.41) is 0. The Bertz CT molecular complexity index is 538. The molecule has 0 radical (unpaired) electrons. The number of hydrogen-bond acceptors (Lipinski definition) is 3. The van der Waals surface area contributed by atoms with Crippen molar-refractivity contribution in [1.82, 2.24) is 4.42 Å². The Morgan fingerprint density at radius 1 is 1.40 bits per heavy atom. The molecular weight excluding hydrogens is 238 g/mol. The Hall–Kier alpha value is -1.07. The lowest BCUT2D eigenvalue weighted by Crippen LogP contribution is -2.10. The predicted molar refractivity (Wildman–Crippen MR) is 55.3 cm³/mol. The third-order valence-corrected chi connectivity index (χ3v) is 3.65. The van der Waals surface area contributed by atoms with Gasteiger partial charge in [0.25, 0.3) is 5.91 Å². The van der Waals surface area contributed by atoms with Crippen LogP contribution in [-0.2, 0) is 16.4 Å². The summed E-state index contributed by atoms with van der Waals surface area (Å²) in [4.78, 5) is 11.6. The maximum atomic E-state index is 11.4. The molecule has 0 fully saturated rings. The van der Waals surface area contributed by atoms with Crippen molar-refractivity contribution in [1.29, 1.82) is 0 Å². The lowest BCUT2D eigenvalue weighted by atomic mass is 10.1. The first-order valence-corrected chi connectivity index (χ1v) is 6.43. The average Bonchev–Trinajstić information content (AvgIpc) is 2.41. The van der Waals surface area contributed by atoms with Gasteiger partial charge in [-0.15, -0.1) is 0 Å². The molecule has 0 N–H and O–H groups in total. The maximum absolute atomic E-state index is 11.4. The number of benzene rings is 1. The summed E-state index contributed by atoms with van der Waals surface area (Å²) in [6, 6.07) is 4.41. The molecule has 4 nitrogen and oxygen atoms in total. The molecule has 1 aliphatic heterocycles. The normalized spacial score (nSPS) is 15.6. The molecule has 0 aliphatic carbocycles. The van der Waals surface area contributed by atoms with Crippen molar-refractivity contribution in [3.05, 3.63) is 29.3 Å². The van der Waals surface area contributed by atoms with E-state index in [2.05, 4.69) is 0 Å². The lowest BCUT2D eigenvalue weighted by Gasteiger charge is -2.00. The number of fused-ring (bicyclic) bond motifs is 1. The number of rotatable bonds is 1. The van der Waals surface area contributed by atoms with Gasteiger partial charge in [0.1, 0.15) is 0 Å². The Labute approximate surface area is 92.5 Å². The van der Waals surface area contributed by atoms with Crippen LogP contribution in [0.15, 0.2) is 23.1 Å². The van der Waals surface area contributed by atoms with Crippen LogP contribution in [-0.4, -0.2) is 25.0 Å².